The fraction of sp³-hybridized carbons (Fsp3) is 0.316. The van der Waals surface area contributed by atoms with Gasteiger partial charge in [-0.05, 0) is 12.1 Å². The van der Waals surface area contributed by atoms with Crippen LogP contribution in [0.3, 0.4) is 0 Å². The van der Waals surface area contributed by atoms with E-state index in [-0.39, 0.29) is 24.3 Å². The normalized spacial score (nSPS) is 12.2. The number of aromatic nitrogens is 4. The number of hydrogen-bond donors (Lipinski definition) is 2. The highest BCUT2D eigenvalue weighted by molar-refractivity contribution is 5.75. The minimum Gasteiger partial charge on any atom is -0.389 e. The molecule has 0 aliphatic carbocycles. The Labute approximate surface area is 161 Å². The molecule has 2 aromatic heterocycles. The third-order valence-electron chi connectivity index (χ3n) is 4.32. The molecule has 9 heteroatoms. The van der Waals surface area contributed by atoms with Crippen LogP contribution in [0.5, 0.6) is 0 Å². The van der Waals surface area contributed by atoms with Gasteiger partial charge >= 0.3 is 5.69 Å². The van der Waals surface area contributed by atoms with Crippen molar-refractivity contribution in [1.82, 2.24) is 18.7 Å². The molecule has 0 spiro atoms. The van der Waals surface area contributed by atoms with Crippen LogP contribution < -0.4 is 16.6 Å². The zero-order valence-corrected chi connectivity index (χ0v) is 15.8. The van der Waals surface area contributed by atoms with Crippen molar-refractivity contribution in [3.05, 3.63) is 63.8 Å². The minimum atomic E-state index is -0.879. The molecule has 2 N–H and O–H groups in total. The number of benzene rings is 1. The molecule has 0 saturated heterocycles. The minimum absolute atomic E-state index is 0.0657. The lowest BCUT2D eigenvalue weighted by atomic mass is 10.3. The maximum absolute atomic E-state index is 12.8. The molecule has 0 amide bonds. The summed E-state index contributed by atoms with van der Waals surface area (Å²) in [6.07, 6.45) is 0.711. The van der Waals surface area contributed by atoms with Crippen LogP contribution >= 0.6 is 0 Å². The van der Waals surface area contributed by atoms with Crippen molar-refractivity contribution in [2.75, 3.05) is 18.5 Å². The third-order valence-corrected chi connectivity index (χ3v) is 4.32. The smallest absolute Gasteiger partial charge is 0.332 e. The van der Waals surface area contributed by atoms with Gasteiger partial charge in [0, 0.05) is 19.8 Å². The molecule has 0 saturated carbocycles. The van der Waals surface area contributed by atoms with E-state index in [4.69, 9.17) is 4.74 Å². The van der Waals surface area contributed by atoms with E-state index < -0.39 is 17.4 Å². The van der Waals surface area contributed by atoms with E-state index in [0.29, 0.717) is 12.6 Å². The Morgan fingerprint density at radius 1 is 1.25 bits per heavy atom. The van der Waals surface area contributed by atoms with E-state index in [2.05, 4.69) is 16.9 Å². The fourth-order valence-corrected chi connectivity index (χ4v) is 2.92. The van der Waals surface area contributed by atoms with Gasteiger partial charge in [0.05, 0.1) is 25.9 Å². The molecule has 0 fully saturated rings. The largest absolute Gasteiger partial charge is 0.389 e. The van der Waals surface area contributed by atoms with Gasteiger partial charge in [0.25, 0.3) is 5.56 Å². The second-order valence-corrected chi connectivity index (χ2v) is 6.39. The van der Waals surface area contributed by atoms with Crippen molar-refractivity contribution in [2.45, 2.75) is 12.6 Å². The van der Waals surface area contributed by atoms with Crippen LogP contribution in [0.15, 0.2) is 52.6 Å². The highest BCUT2D eigenvalue weighted by Gasteiger charge is 2.21. The van der Waals surface area contributed by atoms with E-state index in [1.165, 1.54) is 11.6 Å². The van der Waals surface area contributed by atoms with Crippen LogP contribution in [-0.2, 0) is 25.4 Å². The number of aliphatic hydroxyl groups is 1. The molecule has 3 rings (SSSR count). The molecule has 0 aliphatic heterocycles. The molecule has 9 nitrogen and oxygen atoms in total. The van der Waals surface area contributed by atoms with Crippen molar-refractivity contribution >= 4 is 22.8 Å². The Morgan fingerprint density at radius 3 is 2.64 bits per heavy atom. The topological polar surface area (TPSA) is 103 Å². The van der Waals surface area contributed by atoms with E-state index in [9.17, 15) is 14.7 Å². The number of nitrogens with one attached hydrogen (secondary N) is 1. The van der Waals surface area contributed by atoms with Crippen LogP contribution in [-0.4, -0.2) is 43.1 Å². The Balaban J connectivity index is 2.11. The van der Waals surface area contributed by atoms with E-state index in [0.717, 1.165) is 10.3 Å². The summed E-state index contributed by atoms with van der Waals surface area (Å²) in [5.41, 5.74) is 0.281. The second kappa shape index (κ2) is 8.24. The lowest BCUT2D eigenvalue weighted by Gasteiger charge is -2.15. The number of aryl methyl sites for hydroxylation is 1. The standard InChI is InChI=1S/C19H23N5O4/c1-4-10-28-12-14(25)11-24-15-16(22(2)19(27)23(3)17(15)26)21-18(24)20-13-8-6-5-7-9-13/h4-9,14,25H,1,10-12H2,2-3H3,(H,20,21)/t14-/m1/s1. The predicted molar refractivity (Wildman–Crippen MR) is 107 cm³/mol. The van der Waals surface area contributed by atoms with Gasteiger partial charge in [-0.15, -0.1) is 6.58 Å². The van der Waals surface area contributed by atoms with Crippen LogP contribution in [0.1, 0.15) is 0 Å². The maximum Gasteiger partial charge on any atom is 0.332 e. The molecule has 1 aromatic carbocycles. The summed E-state index contributed by atoms with van der Waals surface area (Å²) in [5.74, 6) is 0.349. The maximum atomic E-state index is 12.8. The number of fused-ring (bicyclic) bond motifs is 1. The van der Waals surface area contributed by atoms with Crippen molar-refractivity contribution in [3.63, 3.8) is 0 Å². The molecule has 1 atom stereocenters. The van der Waals surface area contributed by atoms with Gasteiger partial charge in [-0.3, -0.25) is 13.9 Å². The number of nitrogens with zero attached hydrogens (tertiary/aromatic N) is 4. The number of anilines is 2. The summed E-state index contributed by atoms with van der Waals surface area (Å²) in [7, 11) is 2.97. The first kappa shape index (κ1) is 19.6. The monoisotopic (exact) mass is 385 g/mol. The summed E-state index contributed by atoms with van der Waals surface area (Å²) in [5, 5.41) is 13.5. The summed E-state index contributed by atoms with van der Waals surface area (Å²) >= 11 is 0. The average molecular weight is 385 g/mol. The molecular weight excluding hydrogens is 362 g/mol. The first-order valence-electron chi connectivity index (χ1n) is 8.79. The fourth-order valence-electron chi connectivity index (χ4n) is 2.92. The highest BCUT2D eigenvalue weighted by Crippen LogP contribution is 2.20. The summed E-state index contributed by atoms with van der Waals surface area (Å²) in [4.78, 5) is 29.5. The zero-order chi connectivity index (χ0) is 20.3. The van der Waals surface area contributed by atoms with Gasteiger partial charge in [0.15, 0.2) is 11.2 Å². The Kier molecular flexibility index (Phi) is 5.76. The van der Waals surface area contributed by atoms with Gasteiger partial charge in [-0.25, -0.2) is 4.79 Å². The molecule has 3 aromatic rings. The Hall–Kier alpha value is -3.17. The Morgan fingerprint density at radius 2 is 1.96 bits per heavy atom. The first-order chi connectivity index (χ1) is 13.4. The van der Waals surface area contributed by atoms with Crippen LogP contribution in [0.25, 0.3) is 11.2 Å². The van der Waals surface area contributed by atoms with E-state index >= 15 is 0 Å². The van der Waals surface area contributed by atoms with Crippen molar-refractivity contribution in [1.29, 1.82) is 0 Å². The predicted octanol–water partition coefficient (Wildman–Crippen LogP) is 0.741. The van der Waals surface area contributed by atoms with E-state index in [1.54, 1.807) is 17.7 Å². The Bertz CT molecular complexity index is 1100. The van der Waals surface area contributed by atoms with Crippen LogP contribution in [0.2, 0.25) is 0 Å². The zero-order valence-electron chi connectivity index (χ0n) is 15.8. The summed E-state index contributed by atoms with van der Waals surface area (Å²) < 4.78 is 9.21. The molecular formula is C19H23N5O4. The highest BCUT2D eigenvalue weighted by atomic mass is 16.5. The molecule has 0 aliphatic rings. The quantitative estimate of drug-likeness (QED) is 0.438. The number of ether oxygens (including phenoxy) is 1. The number of para-hydroxylation sites is 1. The van der Waals surface area contributed by atoms with Crippen molar-refractivity contribution in [3.8, 4) is 0 Å². The third kappa shape index (κ3) is 3.75. The molecule has 0 radical (unpaired) electrons. The van der Waals surface area contributed by atoms with Gasteiger partial charge in [0.1, 0.15) is 0 Å². The number of aliphatic hydroxyl groups excluding tert-OH is 1. The van der Waals surface area contributed by atoms with Gasteiger partial charge in [-0.2, -0.15) is 4.98 Å². The SMILES string of the molecule is C=CCOC[C@H](O)Cn1c(Nc2ccccc2)nc2c1c(=O)n(C)c(=O)n2C. The van der Waals surface area contributed by atoms with Gasteiger partial charge in [-0.1, -0.05) is 24.3 Å². The van der Waals surface area contributed by atoms with Crippen molar-refractivity contribution in [2.24, 2.45) is 14.1 Å². The number of hydrogen-bond acceptors (Lipinski definition) is 6. The summed E-state index contributed by atoms with van der Waals surface area (Å²) in [6.45, 7) is 4.02. The summed E-state index contributed by atoms with van der Waals surface area (Å²) in [6, 6.07) is 9.31. The van der Waals surface area contributed by atoms with Gasteiger partial charge < -0.3 is 19.7 Å². The second-order valence-electron chi connectivity index (χ2n) is 6.39. The van der Waals surface area contributed by atoms with Crippen LogP contribution in [0, 0.1) is 0 Å². The van der Waals surface area contributed by atoms with Gasteiger partial charge in [0.2, 0.25) is 5.95 Å². The lowest BCUT2D eigenvalue weighted by molar-refractivity contribution is 0.0405. The first-order valence-corrected chi connectivity index (χ1v) is 8.79. The number of imidazole rings is 1. The molecule has 2 heterocycles. The van der Waals surface area contributed by atoms with Crippen molar-refractivity contribution < 1.29 is 9.84 Å². The van der Waals surface area contributed by atoms with Crippen LogP contribution in [0.4, 0.5) is 11.6 Å². The lowest BCUT2D eigenvalue weighted by Crippen LogP contribution is -2.38. The molecule has 148 valence electrons. The number of rotatable bonds is 8. The molecule has 0 unspecified atom stereocenters. The molecule has 0 bridgehead atoms. The molecule has 28 heavy (non-hydrogen) atoms. The average Bonchev–Trinajstić information content (AvgIpc) is 3.03. The van der Waals surface area contributed by atoms with E-state index in [1.807, 2.05) is 30.3 Å².